The summed E-state index contributed by atoms with van der Waals surface area (Å²) in [6.07, 6.45) is 3.75. The fraction of sp³-hybridized carbons (Fsp3) is 0.714. The van der Waals surface area contributed by atoms with Gasteiger partial charge >= 0.3 is 0 Å². The molecule has 6 heteroatoms. The quantitative estimate of drug-likeness (QED) is 0.644. The molecule has 0 radical (unpaired) electrons. The minimum atomic E-state index is -2.29. The molecule has 0 spiro atoms. The van der Waals surface area contributed by atoms with Crippen molar-refractivity contribution in [1.29, 1.82) is 0 Å². The zero-order valence-electron chi connectivity index (χ0n) is 8.40. The highest BCUT2D eigenvalue weighted by atomic mass is 31.2. The van der Waals surface area contributed by atoms with Crippen LogP contribution in [0.2, 0.25) is 0 Å². The molecule has 1 saturated heterocycles. The van der Waals surface area contributed by atoms with Crippen molar-refractivity contribution in [2.24, 2.45) is 10.3 Å². The molecule has 0 aliphatic carbocycles. The van der Waals surface area contributed by atoms with Crippen LogP contribution in [0.25, 0.3) is 0 Å². The van der Waals surface area contributed by atoms with Crippen LogP contribution in [-0.2, 0) is 4.52 Å². The predicted octanol–water partition coefficient (Wildman–Crippen LogP) is 0.0193. The Kier molecular flexibility index (Phi) is 3.01. The molecule has 13 heavy (non-hydrogen) atoms. The largest absolute Gasteiger partial charge is 0.344 e. The monoisotopic (exact) mass is 204 g/mol. The van der Waals surface area contributed by atoms with Crippen LogP contribution in [-0.4, -0.2) is 56.4 Å². The highest BCUT2D eigenvalue weighted by Gasteiger charge is 2.21. The Hall–Kier alpha value is -0.510. The maximum absolute atomic E-state index is 5.76. The second-order valence-electron chi connectivity index (χ2n) is 3.18. The Bertz CT molecular complexity index is 253. The summed E-state index contributed by atoms with van der Waals surface area (Å²) in [5.74, 6) is 0.868. The lowest BCUT2D eigenvalue weighted by molar-refractivity contribution is 0.457. The molecular formula is C7H17N4OP. The van der Waals surface area contributed by atoms with E-state index in [0.717, 1.165) is 19.0 Å². The van der Waals surface area contributed by atoms with Gasteiger partial charge in [-0.25, -0.2) is 0 Å². The Morgan fingerprint density at radius 3 is 2.31 bits per heavy atom. The predicted molar refractivity (Wildman–Crippen MR) is 57.9 cm³/mol. The molecular weight excluding hydrogens is 187 g/mol. The van der Waals surface area contributed by atoms with Crippen molar-refractivity contribution < 1.29 is 4.52 Å². The van der Waals surface area contributed by atoms with Gasteiger partial charge in [0.05, 0.1) is 0 Å². The normalized spacial score (nSPS) is 22.0. The third-order valence-corrected chi connectivity index (χ3v) is 3.18. The molecule has 5 nitrogen and oxygen atoms in total. The third kappa shape index (κ3) is 2.46. The average molecular weight is 204 g/mol. The van der Waals surface area contributed by atoms with Crippen molar-refractivity contribution in [3.05, 3.63) is 0 Å². The summed E-state index contributed by atoms with van der Waals surface area (Å²) in [6, 6.07) is 0. The summed E-state index contributed by atoms with van der Waals surface area (Å²) >= 11 is 0. The molecule has 1 rings (SSSR count). The minimum Gasteiger partial charge on any atom is -0.344 e. The van der Waals surface area contributed by atoms with Crippen molar-refractivity contribution in [2.75, 3.05) is 34.3 Å². The first-order valence-electron chi connectivity index (χ1n) is 4.06. The number of likely N-dealkylation sites (N-methyl/N-ethyl adjacent to an activating group) is 2. The molecule has 1 unspecified atom stereocenters. The second-order valence-corrected chi connectivity index (χ2v) is 5.26. The van der Waals surface area contributed by atoms with E-state index in [2.05, 4.69) is 11.1 Å². The number of hydrogen-bond acceptors (Lipinski definition) is 3. The van der Waals surface area contributed by atoms with Crippen LogP contribution in [0.4, 0.5) is 0 Å². The summed E-state index contributed by atoms with van der Waals surface area (Å²) in [5, 5.41) is 0. The number of nitrogens with two attached hydrogens (primary N) is 1. The van der Waals surface area contributed by atoms with Crippen LogP contribution in [0.1, 0.15) is 0 Å². The van der Waals surface area contributed by atoms with Gasteiger partial charge in [0.2, 0.25) is 5.96 Å². The average Bonchev–Trinajstić information content (AvgIpc) is 2.36. The zero-order valence-corrected chi connectivity index (χ0v) is 9.29. The van der Waals surface area contributed by atoms with Gasteiger partial charge in [-0.1, -0.05) is 0 Å². The number of nitrogens with zero attached hydrogens (tertiary/aromatic N) is 3. The van der Waals surface area contributed by atoms with Crippen molar-refractivity contribution in [1.82, 2.24) is 9.80 Å². The van der Waals surface area contributed by atoms with E-state index in [9.17, 15) is 0 Å². The molecule has 76 valence electrons. The summed E-state index contributed by atoms with van der Waals surface area (Å²) < 4.78 is 9.35. The maximum Gasteiger partial charge on any atom is 0.203 e. The van der Waals surface area contributed by atoms with E-state index in [1.807, 2.05) is 23.9 Å². The number of hydrogen-bond donors (Lipinski definition) is 1. The van der Waals surface area contributed by atoms with Gasteiger partial charge in [-0.15, -0.1) is 0 Å². The van der Waals surface area contributed by atoms with Gasteiger partial charge in [0.25, 0.3) is 0 Å². The molecule has 1 aliphatic rings. The van der Waals surface area contributed by atoms with E-state index in [0.29, 0.717) is 0 Å². The van der Waals surface area contributed by atoms with Crippen LogP contribution >= 0.6 is 7.41 Å². The van der Waals surface area contributed by atoms with Gasteiger partial charge in [-0.3, -0.25) is 5.50 Å². The van der Waals surface area contributed by atoms with Crippen molar-refractivity contribution in [2.45, 2.75) is 0 Å². The first kappa shape index (κ1) is 10.6. The Labute approximate surface area is 79.3 Å². The lowest BCUT2D eigenvalue weighted by atomic mass is 10.6. The third-order valence-electron chi connectivity index (χ3n) is 2.03. The lowest BCUT2D eigenvalue weighted by Crippen LogP contribution is -2.28. The van der Waals surface area contributed by atoms with Gasteiger partial charge in [-0.05, 0) is 6.30 Å². The van der Waals surface area contributed by atoms with Crippen LogP contribution in [0.5, 0.6) is 0 Å². The van der Waals surface area contributed by atoms with E-state index in [4.69, 9.17) is 10.0 Å². The summed E-state index contributed by atoms with van der Waals surface area (Å²) in [6.45, 7) is 1.94. The zero-order chi connectivity index (χ0) is 10.1. The molecule has 1 atom stereocenters. The fourth-order valence-corrected chi connectivity index (χ4v) is 1.83. The maximum atomic E-state index is 5.76. The number of rotatable bonds is 2. The molecule has 1 heterocycles. The molecule has 0 aromatic heterocycles. The standard InChI is InChI=1S/C7H17N4OP/c1-10-5-6-11(2)7(10)9-13(4,8)12-3/h4-6,8H2,1-3H3. The Morgan fingerprint density at radius 1 is 1.46 bits per heavy atom. The lowest BCUT2D eigenvalue weighted by Gasteiger charge is -2.19. The first-order chi connectivity index (χ1) is 5.96. The van der Waals surface area contributed by atoms with Crippen LogP contribution in [0.3, 0.4) is 0 Å². The number of guanidine groups is 1. The fourth-order valence-electron chi connectivity index (χ4n) is 1.14. The Balaban J connectivity index is 2.86. The van der Waals surface area contributed by atoms with Gasteiger partial charge < -0.3 is 14.3 Å². The van der Waals surface area contributed by atoms with E-state index in [1.54, 1.807) is 7.11 Å². The van der Waals surface area contributed by atoms with Crippen molar-refractivity contribution in [3.8, 4) is 0 Å². The topological polar surface area (TPSA) is 54.1 Å². The van der Waals surface area contributed by atoms with E-state index in [-0.39, 0.29) is 0 Å². The second kappa shape index (κ2) is 3.70. The highest BCUT2D eigenvalue weighted by molar-refractivity contribution is 7.65. The van der Waals surface area contributed by atoms with Crippen LogP contribution < -0.4 is 5.50 Å². The molecule has 0 aromatic carbocycles. The van der Waals surface area contributed by atoms with Crippen molar-refractivity contribution in [3.63, 3.8) is 0 Å². The summed E-state index contributed by atoms with van der Waals surface area (Å²) in [4.78, 5) is 4.09. The Morgan fingerprint density at radius 2 is 1.92 bits per heavy atom. The van der Waals surface area contributed by atoms with Gasteiger partial charge in [-0.2, -0.15) is 4.76 Å². The van der Waals surface area contributed by atoms with Crippen molar-refractivity contribution >= 4 is 19.7 Å². The first-order valence-corrected chi connectivity index (χ1v) is 5.98. The smallest absolute Gasteiger partial charge is 0.203 e. The van der Waals surface area contributed by atoms with Gasteiger partial charge in [0.15, 0.2) is 7.41 Å². The van der Waals surface area contributed by atoms with E-state index in [1.165, 1.54) is 0 Å². The summed E-state index contributed by atoms with van der Waals surface area (Å²) in [5.41, 5.74) is 5.76. The van der Waals surface area contributed by atoms with Gasteiger partial charge in [0.1, 0.15) is 0 Å². The molecule has 2 N–H and O–H groups in total. The van der Waals surface area contributed by atoms with E-state index >= 15 is 0 Å². The molecule has 0 aromatic rings. The highest BCUT2D eigenvalue weighted by Crippen LogP contribution is 2.38. The minimum absolute atomic E-state index is 0.868. The van der Waals surface area contributed by atoms with E-state index < -0.39 is 7.41 Å². The van der Waals surface area contributed by atoms with Gasteiger partial charge in [0, 0.05) is 34.3 Å². The SMILES string of the molecule is C=P(N)(N=C1N(C)CCN1C)OC. The molecule has 0 bridgehead atoms. The molecule has 1 aliphatic heterocycles. The van der Waals surface area contributed by atoms with Crippen LogP contribution in [0, 0.1) is 0 Å². The van der Waals surface area contributed by atoms with Crippen LogP contribution in [0.15, 0.2) is 4.76 Å². The molecule has 0 amide bonds. The molecule has 1 fully saturated rings. The summed E-state index contributed by atoms with van der Waals surface area (Å²) in [7, 11) is 3.22. The molecule has 0 saturated carbocycles.